The zero-order valence-corrected chi connectivity index (χ0v) is 14.2. The monoisotopic (exact) mass is 381 g/mol. The lowest BCUT2D eigenvalue weighted by atomic mass is 9.97. The van der Waals surface area contributed by atoms with E-state index < -0.39 is 17.7 Å². The summed E-state index contributed by atoms with van der Waals surface area (Å²) in [4.78, 5) is 21.2. The number of carboxylic acids is 1. The van der Waals surface area contributed by atoms with Crippen LogP contribution in [0.1, 0.15) is 18.4 Å². The topological polar surface area (TPSA) is 104 Å². The molecular weight excluding hydrogens is 363 g/mol. The van der Waals surface area contributed by atoms with Crippen LogP contribution in [0, 0.1) is 5.92 Å². The Balaban J connectivity index is 1.75. The van der Waals surface area contributed by atoms with Gasteiger partial charge in [-0.3, -0.25) is 4.79 Å². The van der Waals surface area contributed by atoms with E-state index in [0.717, 1.165) is 12.1 Å². The lowest BCUT2D eigenvalue weighted by molar-refractivity contribution is -0.142. The molecule has 0 aliphatic carbocycles. The van der Waals surface area contributed by atoms with Crippen LogP contribution in [0.15, 0.2) is 30.6 Å². The molecule has 10 heteroatoms. The van der Waals surface area contributed by atoms with Crippen LogP contribution >= 0.6 is 0 Å². The molecule has 0 saturated carbocycles. The Morgan fingerprint density at radius 2 is 1.81 bits per heavy atom. The van der Waals surface area contributed by atoms with E-state index in [1.807, 2.05) is 4.90 Å². The number of alkyl halides is 3. The molecule has 27 heavy (non-hydrogen) atoms. The Labute approximate surface area is 153 Å². The highest BCUT2D eigenvalue weighted by Gasteiger charge is 2.30. The summed E-state index contributed by atoms with van der Waals surface area (Å²) in [7, 11) is 0. The first-order chi connectivity index (χ1) is 12.8. The van der Waals surface area contributed by atoms with Gasteiger partial charge >= 0.3 is 12.1 Å². The van der Waals surface area contributed by atoms with Gasteiger partial charge in [0.1, 0.15) is 12.0 Å². The lowest BCUT2D eigenvalue weighted by Gasteiger charge is -2.31. The number of nitrogen functional groups attached to an aromatic ring is 1. The number of nitrogens with two attached hydrogens (primary N) is 1. The molecule has 1 aliphatic heterocycles. The Morgan fingerprint density at radius 3 is 2.37 bits per heavy atom. The first-order valence-corrected chi connectivity index (χ1v) is 8.28. The molecule has 144 valence electrons. The highest BCUT2D eigenvalue weighted by atomic mass is 19.4. The Kier molecular flexibility index (Phi) is 5.06. The number of aliphatic carboxylic acids is 1. The fourth-order valence-electron chi connectivity index (χ4n) is 2.96. The smallest absolute Gasteiger partial charge is 0.416 e. The van der Waals surface area contributed by atoms with Gasteiger partial charge in [-0.25, -0.2) is 9.97 Å². The zero-order chi connectivity index (χ0) is 19.6. The summed E-state index contributed by atoms with van der Waals surface area (Å²) in [6, 6.07) is 4.53. The molecule has 7 nitrogen and oxygen atoms in total. The number of aromatic nitrogens is 2. The van der Waals surface area contributed by atoms with E-state index in [2.05, 4.69) is 15.3 Å². The van der Waals surface area contributed by atoms with Gasteiger partial charge in [0.15, 0.2) is 11.6 Å². The number of rotatable bonds is 4. The molecule has 0 unspecified atom stereocenters. The Bertz CT molecular complexity index is 818. The number of benzene rings is 1. The van der Waals surface area contributed by atoms with Crippen molar-refractivity contribution in [1.82, 2.24) is 9.97 Å². The van der Waals surface area contributed by atoms with E-state index >= 15 is 0 Å². The van der Waals surface area contributed by atoms with Gasteiger partial charge in [-0.15, -0.1) is 0 Å². The van der Waals surface area contributed by atoms with Crippen molar-refractivity contribution in [2.75, 3.05) is 29.0 Å². The standard InChI is InChI=1S/C17H18F3N5O2/c18-17(19,20)11-1-3-12(4-2-11)24-14-13(21)15(23-9-22-14)25-7-5-10(6-8-25)16(26)27/h1-4,9-10H,5-8,21H2,(H,26,27)(H,22,23,24). The summed E-state index contributed by atoms with van der Waals surface area (Å²) in [5.41, 5.74) is 6.05. The number of carbonyl (C=O) groups is 1. The van der Waals surface area contributed by atoms with Crippen molar-refractivity contribution in [3.63, 3.8) is 0 Å². The molecular formula is C17H18F3N5O2. The predicted molar refractivity (Wildman–Crippen MR) is 93.7 cm³/mol. The number of hydrogen-bond acceptors (Lipinski definition) is 6. The van der Waals surface area contributed by atoms with E-state index in [1.165, 1.54) is 18.5 Å². The molecule has 1 saturated heterocycles. The molecule has 0 radical (unpaired) electrons. The second-order valence-corrected chi connectivity index (χ2v) is 6.26. The maximum Gasteiger partial charge on any atom is 0.416 e. The third-order valence-corrected chi connectivity index (χ3v) is 4.48. The van der Waals surface area contributed by atoms with E-state index in [-0.39, 0.29) is 17.4 Å². The second-order valence-electron chi connectivity index (χ2n) is 6.26. The van der Waals surface area contributed by atoms with E-state index in [0.29, 0.717) is 37.4 Å². The number of anilines is 4. The van der Waals surface area contributed by atoms with Crippen molar-refractivity contribution < 1.29 is 23.1 Å². The number of carboxylic acid groups (broad SMARTS) is 1. The van der Waals surface area contributed by atoms with Crippen molar-refractivity contribution in [1.29, 1.82) is 0 Å². The number of nitrogens with one attached hydrogen (secondary N) is 1. The van der Waals surface area contributed by atoms with Gasteiger partial charge in [-0.1, -0.05) is 0 Å². The average Bonchev–Trinajstić information content (AvgIpc) is 2.63. The minimum atomic E-state index is -4.40. The highest BCUT2D eigenvalue weighted by Crippen LogP contribution is 2.33. The molecule has 1 aromatic heterocycles. The van der Waals surface area contributed by atoms with Crippen LogP contribution in [0.25, 0.3) is 0 Å². The molecule has 1 aromatic carbocycles. The van der Waals surface area contributed by atoms with Crippen molar-refractivity contribution in [3.05, 3.63) is 36.2 Å². The quantitative estimate of drug-likeness (QED) is 0.747. The van der Waals surface area contributed by atoms with Crippen molar-refractivity contribution in [2.45, 2.75) is 19.0 Å². The maximum absolute atomic E-state index is 12.6. The molecule has 0 bridgehead atoms. The van der Waals surface area contributed by atoms with Crippen LogP contribution in [0.3, 0.4) is 0 Å². The van der Waals surface area contributed by atoms with Crippen LogP contribution in [-0.4, -0.2) is 34.1 Å². The van der Waals surface area contributed by atoms with Gasteiger partial charge < -0.3 is 21.1 Å². The van der Waals surface area contributed by atoms with E-state index in [1.54, 1.807) is 0 Å². The largest absolute Gasteiger partial charge is 0.481 e. The highest BCUT2D eigenvalue weighted by molar-refractivity contribution is 5.78. The zero-order valence-electron chi connectivity index (χ0n) is 14.2. The normalized spacial score (nSPS) is 15.6. The average molecular weight is 381 g/mol. The Hall–Kier alpha value is -3.04. The fraction of sp³-hybridized carbons (Fsp3) is 0.353. The molecule has 0 spiro atoms. The maximum atomic E-state index is 12.6. The lowest BCUT2D eigenvalue weighted by Crippen LogP contribution is -2.37. The molecule has 4 N–H and O–H groups in total. The summed E-state index contributed by atoms with van der Waals surface area (Å²) in [6.07, 6.45) is -2.12. The van der Waals surface area contributed by atoms with Crippen molar-refractivity contribution in [3.8, 4) is 0 Å². The molecule has 2 heterocycles. The number of nitrogens with zero attached hydrogens (tertiary/aromatic N) is 3. The van der Waals surface area contributed by atoms with E-state index in [9.17, 15) is 18.0 Å². The first-order valence-electron chi connectivity index (χ1n) is 8.28. The van der Waals surface area contributed by atoms with E-state index in [4.69, 9.17) is 10.8 Å². The van der Waals surface area contributed by atoms with Gasteiger partial charge in [-0.2, -0.15) is 13.2 Å². The van der Waals surface area contributed by atoms with Crippen LogP contribution in [0.2, 0.25) is 0 Å². The van der Waals surface area contributed by atoms with Gasteiger partial charge in [0, 0.05) is 18.8 Å². The van der Waals surface area contributed by atoms with Gasteiger partial charge in [0.2, 0.25) is 0 Å². The van der Waals surface area contributed by atoms with Crippen LogP contribution < -0.4 is 16.0 Å². The number of halogens is 3. The minimum absolute atomic E-state index is 0.256. The number of piperidine rings is 1. The Morgan fingerprint density at radius 1 is 1.19 bits per heavy atom. The van der Waals surface area contributed by atoms with Gasteiger partial charge in [0.25, 0.3) is 0 Å². The minimum Gasteiger partial charge on any atom is -0.481 e. The van der Waals surface area contributed by atoms with Crippen LogP contribution in [0.5, 0.6) is 0 Å². The third kappa shape index (κ3) is 4.21. The van der Waals surface area contributed by atoms with Crippen LogP contribution in [0.4, 0.5) is 36.2 Å². The molecule has 2 aromatic rings. The first kappa shape index (κ1) is 18.7. The molecule has 0 amide bonds. The summed E-state index contributed by atoms with van der Waals surface area (Å²) >= 11 is 0. The van der Waals surface area contributed by atoms with Gasteiger partial charge in [-0.05, 0) is 37.1 Å². The fourth-order valence-corrected chi connectivity index (χ4v) is 2.96. The third-order valence-electron chi connectivity index (χ3n) is 4.48. The molecule has 1 fully saturated rings. The molecule has 0 atom stereocenters. The van der Waals surface area contributed by atoms with Crippen LogP contribution in [-0.2, 0) is 11.0 Å². The summed E-state index contributed by atoms with van der Waals surface area (Å²) < 4.78 is 37.9. The SMILES string of the molecule is Nc1c(Nc2ccc(C(F)(F)F)cc2)ncnc1N1CCC(C(=O)O)CC1. The summed E-state index contributed by atoms with van der Waals surface area (Å²) in [5.74, 6) is -0.438. The van der Waals surface area contributed by atoms with Crippen molar-refractivity contribution in [2.24, 2.45) is 5.92 Å². The van der Waals surface area contributed by atoms with Gasteiger partial charge in [0.05, 0.1) is 11.5 Å². The second kappa shape index (κ2) is 7.29. The van der Waals surface area contributed by atoms with Crippen molar-refractivity contribution >= 4 is 29.0 Å². The number of hydrogen-bond donors (Lipinski definition) is 3. The predicted octanol–water partition coefficient (Wildman–Crippen LogP) is 3.12. The molecule has 1 aliphatic rings. The molecule has 3 rings (SSSR count). The summed E-state index contributed by atoms with van der Waals surface area (Å²) in [5, 5.41) is 12.0. The summed E-state index contributed by atoms with van der Waals surface area (Å²) in [6.45, 7) is 0.996.